The molecule has 118 valence electrons. The zero-order valence-corrected chi connectivity index (χ0v) is 14.1. The molecule has 1 heterocycles. The Morgan fingerprint density at radius 2 is 2.10 bits per heavy atom. The van der Waals surface area contributed by atoms with Crippen molar-refractivity contribution in [1.82, 2.24) is 15.1 Å². The van der Waals surface area contributed by atoms with Crippen LogP contribution in [0.5, 0.6) is 0 Å². The van der Waals surface area contributed by atoms with E-state index in [0.717, 1.165) is 6.04 Å². The fourth-order valence-corrected chi connectivity index (χ4v) is 3.40. The molecule has 1 fully saturated rings. The predicted molar refractivity (Wildman–Crippen MR) is 90.7 cm³/mol. The van der Waals surface area contributed by atoms with Gasteiger partial charge >= 0.3 is 0 Å². The topological polar surface area (TPSA) is 18.5 Å². The minimum atomic E-state index is 0.464. The molecule has 1 saturated heterocycles. The largest absolute Gasteiger partial charge is 0.313 e. The van der Waals surface area contributed by atoms with Crippen LogP contribution in [0.1, 0.15) is 36.4 Å². The van der Waals surface area contributed by atoms with E-state index < -0.39 is 0 Å². The molecule has 2 unspecified atom stereocenters. The van der Waals surface area contributed by atoms with E-state index in [1.54, 1.807) is 0 Å². The maximum Gasteiger partial charge on any atom is 0.0332 e. The minimum Gasteiger partial charge on any atom is -0.313 e. The second kappa shape index (κ2) is 7.92. The Bertz CT molecular complexity index is 430. The van der Waals surface area contributed by atoms with Crippen LogP contribution in [0.25, 0.3) is 0 Å². The maximum absolute atomic E-state index is 3.50. The molecule has 0 bridgehead atoms. The third kappa shape index (κ3) is 4.53. The summed E-state index contributed by atoms with van der Waals surface area (Å²) in [6.07, 6.45) is 3.86. The zero-order valence-electron chi connectivity index (χ0n) is 14.1. The minimum absolute atomic E-state index is 0.464. The Balaban J connectivity index is 1.90. The van der Waals surface area contributed by atoms with Gasteiger partial charge in [-0.1, -0.05) is 24.3 Å². The van der Waals surface area contributed by atoms with E-state index in [4.69, 9.17) is 0 Å². The van der Waals surface area contributed by atoms with E-state index in [-0.39, 0.29) is 0 Å². The number of aryl methyl sites for hydroxylation is 1. The van der Waals surface area contributed by atoms with Crippen LogP contribution in [-0.2, 0) is 0 Å². The lowest BCUT2D eigenvalue weighted by Crippen LogP contribution is -2.45. The Morgan fingerprint density at radius 3 is 2.76 bits per heavy atom. The highest BCUT2D eigenvalue weighted by Gasteiger charge is 2.22. The molecule has 0 spiro atoms. The number of rotatable bonds is 6. The van der Waals surface area contributed by atoms with Crippen molar-refractivity contribution in [2.45, 2.75) is 38.3 Å². The van der Waals surface area contributed by atoms with E-state index >= 15 is 0 Å². The zero-order chi connectivity index (χ0) is 15.2. The van der Waals surface area contributed by atoms with E-state index in [2.05, 4.69) is 67.4 Å². The number of hydrogen-bond donors (Lipinski definition) is 1. The first-order valence-electron chi connectivity index (χ1n) is 8.23. The third-order valence-electron chi connectivity index (χ3n) is 4.86. The molecule has 0 radical (unpaired) electrons. The first-order chi connectivity index (χ1) is 10.1. The number of benzene rings is 1. The van der Waals surface area contributed by atoms with Gasteiger partial charge in [0.25, 0.3) is 0 Å². The van der Waals surface area contributed by atoms with Gasteiger partial charge in [-0.3, -0.25) is 0 Å². The number of piperidine rings is 1. The standard InChI is InChI=1S/C18H31N3/c1-15-8-5-6-10-17(15)18(19-2)11-13-21-12-7-9-16(14-21)20(3)4/h5-6,8,10,16,18-19H,7,9,11-14H2,1-4H3. The molecule has 21 heavy (non-hydrogen) atoms. The fraction of sp³-hybridized carbons (Fsp3) is 0.667. The Hall–Kier alpha value is -0.900. The summed E-state index contributed by atoms with van der Waals surface area (Å²) in [5.41, 5.74) is 2.84. The van der Waals surface area contributed by atoms with Gasteiger partial charge < -0.3 is 15.1 Å². The molecule has 0 saturated carbocycles. The molecule has 0 aliphatic carbocycles. The molecule has 2 rings (SSSR count). The average molecular weight is 289 g/mol. The van der Waals surface area contributed by atoms with Gasteiger partial charge in [0.1, 0.15) is 0 Å². The molecule has 0 aromatic heterocycles. The highest BCUT2D eigenvalue weighted by atomic mass is 15.2. The summed E-state index contributed by atoms with van der Waals surface area (Å²) in [6.45, 7) is 5.87. The lowest BCUT2D eigenvalue weighted by Gasteiger charge is -2.36. The summed E-state index contributed by atoms with van der Waals surface area (Å²) >= 11 is 0. The second-order valence-corrected chi connectivity index (χ2v) is 6.55. The van der Waals surface area contributed by atoms with Crippen LogP contribution in [0.3, 0.4) is 0 Å². The van der Waals surface area contributed by atoms with Gasteiger partial charge in [0.15, 0.2) is 0 Å². The van der Waals surface area contributed by atoms with Gasteiger partial charge in [-0.25, -0.2) is 0 Å². The monoisotopic (exact) mass is 289 g/mol. The van der Waals surface area contributed by atoms with Crippen LogP contribution >= 0.6 is 0 Å². The van der Waals surface area contributed by atoms with Crippen LogP contribution in [0.15, 0.2) is 24.3 Å². The summed E-state index contributed by atoms with van der Waals surface area (Å²) in [7, 11) is 6.49. The predicted octanol–water partition coefficient (Wildman–Crippen LogP) is 2.67. The molecule has 3 heteroatoms. The molecule has 1 aromatic carbocycles. The lowest BCUT2D eigenvalue weighted by molar-refractivity contribution is 0.129. The van der Waals surface area contributed by atoms with Gasteiger partial charge in [0.05, 0.1) is 0 Å². The smallest absolute Gasteiger partial charge is 0.0332 e. The van der Waals surface area contributed by atoms with E-state index in [0.29, 0.717) is 6.04 Å². The van der Waals surface area contributed by atoms with Crippen molar-refractivity contribution in [2.24, 2.45) is 0 Å². The molecule has 1 N–H and O–H groups in total. The first-order valence-corrected chi connectivity index (χ1v) is 8.23. The molecule has 1 aliphatic rings. The SMILES string of the molecule is CNC(CCN1CCCC(N(C)C)C1)c1ccccc1C. The summed E-state index contributed by atoms with van der Waals surface area (Å²) in [5.74, 6) is 0. The molecule has 2 atom stereocenters. The van der Waals surface area contributed by atoms with Crippen molar-refractivity contribution >= 4 is 0 Å². The van der Waals surface area contributed by atoms with Crippen molar-refractivity contribution in [3.63, 3.8) is 0 Å². The summed E-state index contributed by atoms with van der Waals surface area (Å²) < 4.78 is 0. The van der Waals surface area contributed by atoms with Crippen LogP contribution in [0.2, 0.25) is 0 Å². The van der Waals surface area contributed by atoms with Crippen molar-refractivity contribution in [3.8, 4) is 0 Å². The summed E-state index contributed by atoms with van der Waals surface area (Å²) in [6, 6.07) is 9.93. The highest BCUT2D eigenvalue weighted by molar-refractivity contribution is 5.28. The van der Waals surface area contributed by atoms with Crippen LogP contribution in [-0.4, -0.2) is 56.6 Å². The van der Waals surface area contributed by atoms with Crippen molar-refractivity contribution < 1.29 is 0 Å². The lowest BCUT2D eigenvalue weighted by atomic mass is 9.98. The Morgan fingerprint density at radius 1 is 1.33 bits per heavy atom. The Labute approximate surface area is 130 Å². The van der Waals surface area contributed by atoms with Crippen molar-refractivity contribution in [3.05, 3.63) is 35.4 Å². The normalized spacial score (nSPS) is 21.7. The van der Waals surface area contributed by atoms with E-state index in [9.17, 15) is 0 Å². The number of likely N-dealkylation sites (N-methyl/N-ethyl adjacent to an activating group) is 1. The number of hydrogen-bond acceptors (Lipinski definition) is 3. The van der Waals surface area contributed by atoms with Gasteiger partial charge in [-0.2, -0.15) is 0 Å². The molecule has 1 aromatic rings. The number of likely N-dealkylation sites (tertiary alicyclic amines) is 1. The molecule has 1 aliphatic heterocycles. The molecular weight excluding hydrogens is 258 g/mol. The second-order valence-electron chi connectivity index (χ2n) is 6.55. The average Bonchev–Trinajstić information content (AvgIpc) is 2.50. The quantitative estimate of drug-likeness (QED) is 0.868. The van der Waals surface area contributed by atoms with Crippen LogP contribution in [0, 0.1) is 6.92 Å². The van der Waals surface area contributed by atoms with Crippen LogP contribution < -0.4 is 5.32 Å². The van der Waals surface area contributed by atoms with E-state index in [1.165, 1.54) is 50.0 Å². The molecule has 0 amide bonds. The third-order valence-corrected chi connectivity index (χ3v) is 4.86. The van der Waals surface area contributed by atoms with Gasteiger partial charge in [0.2, 0.25) is 0 Å². The van der Waals surface area contributed by atoms with Crippen LogP contribution in [0.4, 0.5) is 0 Å². The highest BCUT2D eigenvalue weighted by Crippen LogP contribution is 2.22. The number of nitrogens with zero attached hydrogens (tertiary/aromatic N) is 2. The fourth-order valence-electron chi connectivity index (χ4n) is 3.40. The van der Waals surface area contributed by atoms with Gasteiger partial charge in [-0.05, 0) is 65.0 Å². The van der Waals surface area contributed by atoms with Crippen molar-refractivity contribution in [2.75, 3.05) is 40.8 Å². The summed E-state index contributed by atoms with van der Waals surface area (Å²) in [4.78, 5) is 5.01. The Kier molecular flexibility index (Phi) is 6.22. The first kappa shape index (κ1) is 16.5. The van der Waals surface area contributed by atoms with Gasteiger partial charge in [0, 0.05) is 25.2 Å². The van der Waals surface area contributed by atoms with E-state index in [1.807, 2.05) is 0 Å². The number of nitrogens with one attached hydrogen (secondary N) is 1. The molecule has 3 nitrogen and oxygen atoms in total. The maximum atomic E-state index is 3.50. The summed E-state index contributed by atoms with van der Waals surface area (Å²) in [5, 5.41) is 3.50. The van der Waals surface area contributed by atoms with Gasteiger partial charge in [-0.15, -0.1) is 0 Å². The van der Waals surface area contributed by atoms with Crippen molar-refractivity contribution in [1.29, 1.82) is 0 Å². The molecular formula is C18H31N3.